The molecule has 0 saturated carbocycles. The number of rotatable bonds is 16. The van der Waals surface area contributed by atoms with Gasteiger partial charge in [-0.15, -0.1) is 0 Å². The van der Waals surface area contributed by atoms with E-state index in [-0.39, 0.29) is 6.54 Å². The lowest BCUT2D eigenvalue weighted by atomic mass is 10.1. The van der Waals surface area contributed by atoms with E-state index in [1.165, 1.54) is 64.2 Å². The summed E-state index contributed by atoms with van der Waals surface area (Å²) in [5.41, 5.74) is 0. The molecule has 0 rings (SSSR count). The minimum Gasteiger partial charge on any atom is -0.464 e. The topological polar surface area (TPSA) is 64.6 Å². The number of esters is 1. The van der Waals surface area contributed by atoms with Crippen LogP contribution in [0.25, 0.3) is 0 Å². The Hall–Kier alpha value is -1.26. The van der Waals surface area contributed by atoms with E-state index in [0.717, 1.165) is 12.8 Å². The summed E-state index contributed by atoms with van der Waals surface area (Å²) in [6.45, 7) is 4.56. The third-order valence-electron chi connectivity index (χ3n) is 3.91. The Kier molecular flexibility index (Phi) is 17.1. The van der Waals surface area contributed by atoms with Gasteiger partial charge < -0.3 is 14.8 Å². The zero-order valence-corrected chi connectivity index (χ0v) is 15.7. The van der Waals surface area contributed by atoms with Crippen LogP contribution in [-0.2, 0) is 14.3 Å². The first-order valence-electron chi connectivity index (χ1n) is 9.77. The predicted octanol–water partition coefficient (Wildman–Crippen LogP) is 4.98. The normalized spacial score (nSPS) is 10.4. The van der Waals surface area contributed by atoms with E-state index < -0.39 is 12.1 Å². The fourth-order valence-electron chi connectivity index (χ4n) is 2.51. The van der Waals surface area contributed by atoms with Gasteiger partial charge in [-0.25, -0.2) is 4.79 Å². The third kappa shape index (κ3) is 17.1. The molecule has 1 amide bonds. The molecule has 1 N–H and O–H groups in total. The lowest BCUT2D eigenvalue weighted by Crippen LogP contribution is -2.31. The molecular formula is C19H37NO4. The largest absolute Gasteiger partial charge is 0.464 e. The summed E-state index contributed by atoms with van der Waals surface area (Å²) in [7, 11) is 0. The van der Waals surface area contributed by atoms with E-state index >= 15 is 0 Å². The van der Waals surface area contributed by atoms with Crippen molar-refractivity contribution >= 4 is 12.1 Å². The summed E-state index contributed by atoms with van der Waals surface area (Å²) in [5, 5.41) is 2.34. The maximum absolute atomic E-state index is 11.4. The number of hydrogen-bond acceptors (Lipinski definition) is 4. The fraction of sp³-hybridized carbons (Fsp3) is 0.895. The number of unbranched alkanes of at least 4 members (excludes halogenated alkanes) is 11. The SMILES string of the molecule is CCCCCCCCCCCCCCOC(=O)CNC(=O)OCC. The van der Waals surface area contributed by atoms with Gasteiger partial charge >= 0.3 is 12.1 Å². The van der Waals surface area contributed by atoms with Gasteiger partial charge in [-0.1, -0.05) is 77.6 Å². The van der Waals surface area contributed by atoms with Crippen LogP contribution in [-0.4, -0.2) is 31.8 Å². The van der Waals surface area contributed by atoms with Gasteiger partial charge in [-0.2, -0.15) is 0 Å². The van der Waals surface area contributed by atoms with Gasteiger partial charge in [0.05, 0.1) is 13.2 Å². The second kappa shape index (κ2) is 18.1. The fourth-order valence-corrected chi connectivity index (χ4v) is 2.51. The average molecular weight is 344 g/mol. The van der Waals surface area contributed by atoms with Crippen molar-refractivity contribution in [2.75, 3.05) is 19.8 Å². The van der Waals surface area contributed by atoms with Gasteiger partial charge in [0.2, 0.25) is 0 Å². The molecule has 0 unspecified atom stereocenters. The van der Waals surface area contributed by atoms with Crippen LogP contribution in [0, 0.1) is 0 Å². The third-order valence-corrected chi connectivity index (χ3v) is 3.91. The molecule has 0 heterocycles. The molecule has 0 aromatic rings. The van der Waals surface area contributed by atoms with Crippen molar-refractivity contribution in [1.82, 2.24) is 5.32 Å². The van der Waals surface area contributed by atoms with Crippen LogP contribution in [0.4, 0.5) is 4.79 Å². The Balaban J connectivity index is 3.19. The van der Waals surface area contributed by atoms with Crippen LogP contribution in [0.3, 0.4) is 0 Å². The molecule has 0 spiro atoms. The number of alkyl carbamates (subject to hydrolysis) is 1. The number of nitrogens with one attached hydrogen (secondary N) is 1. The predicted molar refractivity (Wildman–Crippen MR) is 97.1 cm³/mol. The molecule has 0 radical (unpaired) electrons. The van der Waals surface area contributed by atoms with Crippen molar-refractivity contribution in [3.8, 4) is 0 Å². The minimum absolute atomic E-state index is 0.128. The first-order valence-corrected chi connectivity index (χ1v) is 9.77. The Labute approximate surface area is 147 Å². The molecule has 142 valence electrons. The van der Waals surface area contributed by atoms with Crippen molar-refractivity contribution in [2.45, 2.75) is 90.9 Å². The second-order valence-electron chi connectivity index (χ2n) is 6.18. The zero-order chi connectivity index (χ0) is 17.9. The van der Waals surface area contributed by atoms with Gasteiger partial charge in [-0.3, -0.25) is 4.79 Å². The summed E-state index contributed by atoms with van der Waals surface area (Å²) in [4.78, 5) is 22.4. The number of hydrogen-bond donors (Lipinski definition) is 1. The smallest absolute Gasteiger partial charge is 0.407 e. The van der Waals surface area contributed by atoms with Crippen LogP contribution in [0.2, 0.25) is 0 Å². The van der Waals surface area contributed by atoms with Crippen molar-refractivity contribution in [3.05, 3.63) is 0 Å². The Bertz CT molecular complexity index is 308. The maximum atomic E-state index is 11.4. The van der Waals surface area contributed by atoms with E-state index in [0.29, 0.717) is 13.2 Å². The molecule has 0 aliphatic carbocycles. The van der Waals surface area contributed by atoms with Crippen LogP contribution in [0.5, 0.6) is 0 Å². The van der Waals surface area contributed by atoms with Crippen molar-refractivity contribution in [3.63, 3.8) is 0 Å². The van der Waals surface area contributed by atoms with Gasteiger partial charge in [0.1, 0.15) is 6.54 Å². The van der Waals surface area contributed by atoms with Crippen LogP contribution < -0.4 is 5.32 Å². The van der Waals surface area contributed by atoms with E-state index in [1.54, 1.807) is 6.92 Å². The standard InChI is InChI=1S/C19H37NO4/c1-3-5-6-7-8-9-10-11-12-13-14-15-16-24-18(21)17-20-19(22)23-4-2/h3-17H2,1-2H3,(H,20,22). The highest BCUT2D eigenvalue weighted by molar-refractivity contribution is 5.77. The molecular weight excluding hydrogens is 306 g/mol. The Morgan fingerprint density at radius 2 is 1.21 bits per heavy atom. The monoisotopic (exact) mass is 343 g/mol. The molecule has 0 fully saturated rings. The summed E-state index contributed by atoms with van der Waals surface area (Å²) in [6.07, 6.45) is 14.8. The highest BCUT2D eigenvalue weighted by Crippen LogP contribution is 2.11. The molecule has 5 heteroatoms. The van der Waals surface area contributed by atoms with E-state index in [4.69, 9.17) is 4.74 Å². The molecule has 0 aliphatic rings. The van der Waals surface area contributed by atoms with E-state index in [2.05, 4.69) is 17.0 Å². The minimum atomic E-state index is -0.584. The molecule has 0 bridgehead atoms. The van der Waals surface area contributed by atoms with Gasteiger partial charge in [0.25, 0.3) is 0 Å². The van der Waals surface area contributed by atoms with Crippen molar-refractivity contribution in [1.29, 1.82) is 0 Å². The number of carbonyl (C=O) groups is 2. The molecule has 0 aromatic heterocycles. The van der Waals surface area contributed by atoms with Crippen LogP contribution in [0.1, 0.15) is 90.9 Å². The molecule has 5 nitrogen and oxygen atoms in total. The van der Waals surface area contributed by atoms with Gasteiger partial charge in [-0.05, 0) is 13.3 Å². The summed E-state index contributed by atoms with van der Waals surface area (Å²) < 4.78 is 9.71. The van der Waals surface area contributed by atoms with Gasteiger partial charge in [0, 0.05) is 0 Å². The second-order valence-corrected chi connectivity index (χ2v) is 6.18. The molecule has 0 aliphatic heterocycles. The van der Waals surface area contributed by atoms with Crippen molar-refractivity contribution < 1.29 is 19.1 Å². The first-order chi connectivity index (χ1) is 11.7. The number of ether oxygens (including phenoxy) is 2. The van der Waals surface area contributed by atoms with Crippen LogP contribution >= 0.6 is 0 Å². The van der Waals surface area contributed by atoms with E-state index in [9.17, 15) is 9.59 Å². The first kappa shape index (κ1) is 22.7. The lowest BCUT2D eigenvalue weighted by molar-refractivity contribution is -0.142. The molecule has 24 heavy (non-hydrogen) atoms. The molecule has 0 aromatic carbocycles. The highest BCUT2D eigenvalue weighted by Gasteiger charge is 2.06. The average Bonchev–Trinajstić information content (AvgIpc) is 2.57. The highest BCUT2D eigenvalue weighted by atomic mass is 16.6. The quantitative estimate of drug-likeness (QED) is 0.317. The summed E-state index contributed by atoms with van der Waals surface area (Å²) in [5.74, 6) is -0.411. The van der Waals surface area contributed by atoms with Crippen LogP contribution in [0.15, 0.2) is 0 Å². The number of carbonyl (C=O) groups excluding carboxylic acids is 2. The Morgan fingerprint density at radius 1 is 0.708 bits per heavy atom. The number of amides is 1. The molecule has 0 saturated heterocycles. The Morgan fingerprint density at radius 3 is 1.71 bits per heavy atom. The van der Waals surface area contributed by atoms with Crippen molar-refractivity contribution in [2.24, 2.45) is 0 Å². The summed E-state index contributed by atoms with van der Waals surface area (Å²) >= 11 is 0. The zero-order valence-electron chi connectivity index (χ0n) is 15.7. The van der Waals surface area contributed by atoms with E-state index in [1.807, 2.05) is 0 Å². The summed E-state index contributed by atoms with van der Waals surface area (Å²) in [6, 6.07) is 0. The molecule has 0 atom stereocenters. The maximum Gasteiger partial charge on any atom is 0.407 e. The van der Waals surface area contributed by atoms with Gasteiger partial charge in [0.15, 0.2) is 0 Å². The lowest BCUT2D eigenvalue weighted by Gasteiger charge is -2.06.